The number of morpholine rings is 1. The van der Waals surface area contributed by atoms with Crippen LogP contribution in [0.15, 0.2) is 48.5 Å². The summed E-state index contributed by atoms with van der Waals surface area (Å²) in [4.78, 5) is 25.6. The fraction of sp³-hybridized carbons (Fsp3) is 0.333. The number of esters is 1. The zero-order valence-electron chi connectivity index (χ0n) is 15.8. The van der Waals surface area contributed by atoms with Gasteiger partial charge in [0.15, 0.2) is 0 Å². The van der Waals surface area contributed by atoms with Crippen molar-refractivity contribution < 1.29 is 24.2 Å². The Morgan fingerprint density at radius 1 is 1.18 bits per heavy atom. The molecule has 3 rings (SSSR count). The smallest absolute Gasteiger partial charge is 0.308 e. The summed E-state index contributed by atoms with van der Waals surface area (Å²) in [5.74, 6) is -0.495. The van der Waals surface area contributed by atoms with E-state index in [1.165, 1.54) is 13.0 Å². The highest BCUT2D eigenvalue weighted by atomic mass is 16.5. The lowest BCUT2D eigenvalue weighted by atomic mass is 10.1. The Balaban J connectivity index is 1.55. The van der Waals surface area contributed by atoms with Crippen molar-refractivity contribution in [2.24, 2.45) is 0 Å². The number of carbonyl (C=O) groups excluding carboxylic acids is 2. The summed E-state index contributed by atoms with van der Waals surface area (Å²) in [6.07, 6.45) is -0.820. The quantitative estimate of drug-likeness (QED) is 0.584. The first-order chi connectivity index (χ1) is 13.5. The first-order valence-electron chi connectivity index (χ1n) is 9.20. The number of ether oxygens (including phenoxy) is 2. The second-order valence-corrected chi connectivity index (χ2v) is 6.54. The summed E-state index contributed by atoms with van der Waals surface area (Å²) in [6, 6.07) is 14.0. The van der Waals surface area contributed by atoms with E-state index in [1.54, 1.807) is 18.2 Å². The standard InChI is InChI=1S/C21H24N2O5/c1-15(24)28-19-4-2-3-17(13-19)21(26)22-14-20(25)16-5-7-18(8-6-16)23-9-11-27-12-10-23/h2-8,13,20,25H,9-12,14H2,1H3,(H,22,26). The summed E-state index contributed by atoms with van der Waals surface area (Å²) in [5.41, 5.74) is 2.17. The van der Waals surface area contributed by atoms with Crippen LogP contribution in [0.1, 0.15) is 28.9 Å². The molecule has 2 aromatic rings. The van der Waals surface area contributed by atoms with Gasteiger partial charge in [-0.25, -0.2) is 0 Å². The number of benzene rings is 2. The molecule has 2 N–H and O–H groups in total. The predicted octanol–water partition coefficient (Wildman–Crippen LogP) is 1.91. The molecule has 1 aliphatic rings. The van der Waals surface area contributed by atoms with E-state index >= 15 is 0 Å². The van der Waals surface area contributed by atoms with Crippen molar-refractivity contribution in [1.29, 1.82) is 0 Å². The molecule has 0 radical (unpaired) electrons. The van der Waals surface area contributed by atoms with Crippen LogP contribution in [0.5, 0.6) is 5.75 Å². The highest BCUT2D eigenvalue weighted by Gasteiger charge is 2.14. The van der Waals surface area contributed by atoms with Gasteiger partial charge in [-0.3, -0.25) is 9.59 Å². The van der Waals surface area contributed by atoms with Crippen LogP contribution in [0.25, 0.3) is 0 Å². The first-order valence-corrected chi connectivity index (χ1v) is 9.20. The predicted molar refractivity (Wildman–Crippen MR) is 105 cm³/mol. The molecule has 1 amide bonds. The maximum Gasteiger partial charge on any atom is 0.308 e. The lowest BCUT2D eigenvalue weighted by Crippen LogP contribution is -2.36. The average molecular weight is 384 g/mol. The number of hydrogen-bond acceptors (Lipinski definition) is 6. The third-order valence-corrected chi connectivity index (χ3v) is 4.47. The molecule has 0 saturated carbocycles. The molecule has 2 aromatic carbocycles. The van der Waals surface area contributed by atoms with Gasteiger partial charge in [-0.15, -0.1) is 0 Å². The van der Waals surface area contributed by atoms with E-state index in [0.717, 1.165) is 37.6 Å². The minimum atomic E-state index is -0.820. The highest BCUT2D eigenvalue weighted by Crippen LogP contribution is 2.20. The van der Waals surface area contributed by atoms with Crippen LogP contribution in [-0.2, 0) is 9.53 Å². The van der Waals surface area contributed by atoms with E-state index in [4.69, 9.17) is 9.47 Å². The Kier molecular flexibility index (Phi) is 6.62. The first kappa shape index (κ1) is 19.9. The van der Waals surface area contributed by atoms with Crippen molar-refractivity contribution in [3.05, 3.63) is 59.7 Å². The van der Waals surface area contributed by atoms with Gasteiger partial charge >= 0.3 is 5.97 Å². The third kappa shape index (κ3) is 5.31. The molecular weight excluding hydrogens is 360 g/mol. The number of hydrogen-bond donors (Lipinski definition) is 2. The number of carbonyl (C=O) groups is 2. The van der Waals surface area contributed by atoms with Crippen molar-refractivity contribution in [2.45, 2.75) is 13.0 Å². The molecule has 1 atom stereocenters. The summed E-state index contributed by atoms with van der Waals surface area (Å²) in [5, 5.41) is 13.1. The fourth-order valence-electron chi connectivity index (χ4n) is 3.00. The number of nitrogens with zero attached hydrogens (tertiary/aromatic N) is 1. The van der Waals surface area contributed by atoms with Crippen LogP contribution in [0.2, 0.25) is 0 Å². The molecule has 0 aliphatic carbocycles. The average Bonchev–Trinajstić information content (AvgIpc) is 2.72. The SMILES string of the molecule is CC(=O)Oc1cccc(C(=O)NCC(O)c2ccc(N3CCOCC3)cc2)c1. The number of anilines is 1. The van der Waals surface area contributed by atoms with Crippen LogP contribution in [0.3, 0.4) is 0 Å². The number of aliphatic hydroxyl groups excluding tert-OH is 1. The Labute approximate surface area is 163 Å². The van der Waals surface area contributed by atoms with Crippen molar-refractivity contribution in [2.75, 3.05) is 37.7 Å². The molecule has 7 heteroatoms. The Morgan fingerprint density at radius 2 is 1.89 bits per heavy atom. The molecule has 1 heterocycles. The molecule has 1 fully saturated rings. The highest BCUT2D eigenvalue weighted by molar-refractivity contribution is 5.94. The number of amides is 1. The maximum absolute atomic E-state index is 12.3. The van der Waals surface area contributed by atoms with E-state index in [9.17, 15) is 14.7 Å². The van der Waals surface area contributed by atoms with Crippen molar-refractivity contribution in [3.63, 3.8) is 0 Å². The Hall–Kier alpha value is -2.90. The summed E-state index contributed by atoms with van der Waals surface area (Å²) < 4.78 is 10.3. The lowest BCUT2D eigenvalue weighted by Gasteiger charge is -2.29. The van der Waals surface area contributed by atoms with Gasteiger partial charge in [0, 0.05) is 37.8 Å². The van der Waals surface area contributed by atoms with Crippen LogP contribution >= 0.6 is 0 Å². The third-order valence-electron chi connectivity index (χ3n) is 4.47. The van der Waals surface area contributed by atoms with Gasteiger partial charge in [-0.2, -0.15) is 0 Å². The summed E-state index contributed by atoms with van der Waals surface area (Å²) >= 11 is 0. The zero-order valence-corrected chi connectivity index (χ0v) is 15.8. The molecule has 1 unspecified atom stereocenters. The number of aliphatic hydroxyl groups is 1. The maximum atomic E-state index is 12.3. The molecule has 148 valence electrons. The van der Waals surface area contributed by atoms with Crippen molar-refractivity contribution in [1.82, 2.24) is 5.32 Å². The van der Waals surface area contributed by atoms with Crippen LogP contribution in [0, 0.1) is 0 Å². The Morgan fingerprint density at radius 3 is 2.57 bits per heavy atom. The zero-order chi connectivity index (χ0) is 19.9. The normalized spacial score (nSPS) is 15.0. The molecule has 1 aliphatic heterocycles. The minimum Gasteiger partial charge on any atom is -0.427 e. The Bertz CT molecular complexity index is 816. The van der Waals surface area contributed by atoms with Gasteiger partial charge in [0.2, 0.25) is 0 Å². The monoisotopic (exact) mass is 384 g/mol. The van der Waals surface area contributed by atoms with E-state index < -0.39 is 12.1 Å². The largest absolute Gasteiger partial charge is 0.427 e. The topological polar surface area (TPSA) is 88.1 Å². The van der Waals surface area contributed by atoms with Gasteiger partial charge in [0.1, 0.15) is 5.75 Å². The molecule has 0 aromatic heterocycles. The second kappa shape index (κ2) is 9.34. The van der Waals surface area contributed by atoms with Crippen LogP contribution in [-0.4, -0.2) is 49.8 Å². The summed E-state index contributed by atoms with van der Waals surface area (Å²) in [6.45, 7) is 4.51. The van der Waals surface area contributed by atoms with E-state index in [0.29, 0.717) is 11.3 Å². The van der Waals surface area contributed by atoms with E-state index in [2.05, 4.69) is 10.2 Å². The van der Waals surface area contributed by atoms with Crippen LogP contribution in [0.4, 0.5) is 5.69 Å². The van der Waals surface area contributed by atoms with E-state index in [1.807, 2.05) is 24.3 Å². The van der Waals surface area contributed by atoms with Crippen LogP contribution < -0.4 is 15.0 Å². The number of nitrogens with one attached hydrogen (secondary N) is 1. The molecule has 28 heavy (non-hydrogen) atoms. The van der Waals surface area contributed by atoms with E-state index in [-0.39, 0.29) is 12.5 Å². The molecule has 7 nitrogen and oxygen atoms in total. The molecule has 0 spiro atoms. The van der Waals surface area contributed by atoms with Gasteiger partial charge < -0.3 is 24.8 Å². The molecule has 0 bridgehead atoms. The lowest BCUT2D eigenvalue weighted by molar-refractivity contribution is -0.131. The van der Waals surface area contributed by atoms with Crippen molar-refractivity contribution >= 4 is 17.6 Å². The molecule has 1 saturated heterocycles. The summed E-state index contributed by atoms with van der Waals surface area (Å²) in [7, 11) is 0. The fourth-order valence-corrected chi connectivity index (χ4v) is 3.00. The van der Waals surface area contributed by atoms with Crippen molar-refractivity contribution in [3.8, 4) is 5.75 Å². The van der Waals surface area contributed by atoms with Gasteiger partial charge in [0.25, 0.3) is 5.91 Å². The second-order valence-electron chi connectivity index (χ2n) is 6.54. The van der Waals surface area contributed by atoms with Gasteiger partial charge in [-0.1, -0.05) is 18.2 Å². The number of rotatable bonds is 6. The van der Waals surface area contributed by atoms with Gasteiger partial charge in [0.05, 0.1) is 19.3 Å². The van der Waals surface area contributed by atoms with Gasteiger partial charge in [-0.05, 0) is 35.9 Å². The minimum absolute atomic E-state index is 0.0769. The molecular formula is C21H24N2O5.